The zero-order valence-electron chi connectivity index (χ0n) is 8.83. The van der Waals surface area contributed by atoms with Crippen molar-refractivity contribution in [2.24, 2.45) is 5.92 Å². The summed E-state index contributed by atoms with van der Waals surface area (Å²) in [4.78, 5) is 0. The summed E-state index contributed by atoms with van der Waals surface area (Å²) in [5.41, 5.74) is -0.673. The first-order chi connectivity index (χ1) is 7.12. The van der Waals surface area contributed by atoms with Gasteiger partial charge in [0.25, 0.3) is 0 Å². The molecule has 1 heterocycles. The van der Waals surface area contributed by atoms with Crippen molar-refractivity contribution in [3.8, 4) is 0 Å². The van der Waals surface area contributed by atoms with Crippen LogP contribution in [-0.4, -0.2) is 18.2 Å². The molecule has 82 valence electrons. The number of benzene rings is 1. The van der Waals surface area contributed by atoms with Gasteiger partial charge in [0, 0.05) is 18.0 Å². The molecule has 1 saturated heterocycles. The van der Waals surface area contributed by atoms with Crippen molar-refractivity contribution < 1.29 is 9.50 Å². The van der Waals surface area contributed by atoms with Crippen molar-refractivity contribution >= 4 is 0 Å². The van der Waals surface area contributed by atoms with Crippen LogP contribution in [0.1, 0.15) is 18.9 Å². The lowest BCUT2D eigenvalue weighted by molar-refractivity contribution is -0.00101. The van der Waals surface area contributed by atoms with Crippen LogP contribution in [0.15, 0.2) is 24.3 Å². The number of nitrogens with one attached hydrogen (secondary N) is 1. The van der Waals surface area contributed by atoms with Gasteiger partial charge in [0.2, 0.25) is 0 Å². The number of halogens is 1. The van der Waals surface area contributed by atoms with E-state index >= 15 is 0 Å². The summed E-state index contributed by atoms with van der Waals surface area (Å²) in [5.74, 6) is -0.233. The molecule has 0 amide bonds. The van der Waals surface area contributed by atoms with Crippen molar-refractivity contribution in [1.82, 2.24) is 5.32 Å². The number of hydrogen-bond acceptors (Lipinski definition) is 2. The van der Waals surface area contributed by atoms with Crippen LogP contribution in [0.25, 0.3) is 0 Å². The van der Waals surface area contributed by atoms with Crippen LogP contribution < -0.4 is 5.32 Å². The molecule has 0 saturated carbocycles. The standard InChI is InChI=1S/C12H16FNO/c1-12(15,9-6-7-14-8-9)10-4-2-3-5-11(10)13/h2-5,9,14-15H,6-8H2,1H3. The van der Waals surface area contributed by atoms with E-state index in [1.54, 1.807) is 25.1 Å². The van der Waals surface area contributed by atoms with E-state index in [0.717, 1.165) is 19.5 Å². The molecule has 15 heavy (non-hydrogen) atoms. The van der Waals surface area contributed by atoms with Gasteiger partial charge in [-0.15, -0.1) is 0 Å². The predicted molar refractivity (Wildman–Crippen MR) is 56.9 cm³/mol. The summed E-state index contributed by atoms with van der Waals surface area (Å²) in [7, 11) is 0. The molecule has 1 aliphatic heterocycles. The van der Waals surface area contributed by atoms with Gasteiger partial charge in [0.15, 0.2) is 0 Å². The molecule has 3 heteroatoms. The van der Waals surface area contributed by atoms with E-state index in [1.807, 2.05) is 0 Å². The Morgan fingerprint density at radius 1 is 1.47 bits per heavy atom. The van der Waals surface area contributed by atoms with Crippen LogP contribution in [-0.2, 0) is 5.60 Å². The molecule has 0 aliphatic carbocycles. The van der Waals surface area contributed by atoms with Gasteiger partial charge in [-0.05, 0) is 26.0 Å². The van der Waals surface area contributed by atoms with E-state index in [9.17, 15) is 9.50 Å². The van der Waals surface area contributed by atoms with Crippen molar-refractivity contribution in [2.45, 2.75) is 18.9 Å². The summed E-state index contributed by atoms with van der Waals surface area (Å²) in [6.45, 7) is 3.35. The Labute approximate surface area is 89.1 Å². The van der Waals surface area contributed by atoms with Gasteiger partial charge in [-0.2, -0.15) is 0 Å². The van der Waals surface area contributed by atoms with Crippen LogP contribution in [0.4, 0.5) is 4.39 Å². The van der Waals surface area contributed by atoms with Crippen LogP contribution in [0, 0.1) is 11.7 Å². The first-order valence-corrected chi connectivity index (χ1v) is 5.30. The quantitative estimate of drug-likeness (QED) is 0.776. The van der Waals surface area contributed by atoms with Crippen molar-refractivity contribution in [3.05, 3.63) is 35.6 Å². The molecule has 1 aromatic carbocycles. The van der Waals surface area contributed by atoms with E-state index < -0.39 is 5.60 Å². The van der Waals surface area contributed by atoms with Crippen molar-refractivity contribution in [2.75, 3.05) is 13.1 Å². The number of rotatable bonds is 2. The summed E-state index contributed by atoms with van der Waals surface area (Å²) in [6, 6.07) is 6.46. The molecule has 2 atom stereocenters. The molecule has 2 unspecified atom stereocenters. The predicted octanol–water partition coefficient (Wildman–Crippen LogP) is 1.64. The van der Waals surface area contributed by atoms with Gasteiger partial charge in [-0.25, -0.2) is 4.39 Å². The molecule has 1 fully saturated rings. The second-order valence-corrected chi connectivity index (χ2v) is 4.32. The number of hydrogen-bond donors (Lipinski definition) is 2. The minimum absolute atomic E-state index is 0.0920. The Bertz CT molecular complexity index is 345. The van der Waals surface area contributed by atoms with Crippen molar-refractivity contribution in [3.63, 3.8) is 0 Å². The maximum atomic E-state index is 13.6. The maximum absolute atomic E-state index is 13.6. The molecule has 0 radical (unpaired) electrons. The summed E-state index contributed by atoms with van der Waals surface area (Å²) in [6.07, 6.45) is 0.890. The smallest absolute Gasteiger partial charge is 0.129 e. The van der Waals surface area contributed by atoms with Gasteiger partial charge in [-0.3, -0.25) is 0 Å². The van der Waals surface area contributed by atoms with Gasteiger partial charge >= 0.3 is 0 Å². The molecule has 0 bridgehead atoms. The second-order valence-electron chi connectivity index (χ2n) is 4.32. The van der Waals surface area contributed by atoms with E-state index in [-0.39, 0.29) is 11.7 Å². The highest BCUT2D eigenvalue weighted by atomic mass is 19.1. The largest absolute Gasteiger partial charge is 0.385 e. The van der Waals surface area contributed by atoms with Crippen LogP contribution in [0.3, 0.4) is 0 Å². The van der Waals surface area contributed by atoms with Gasteiger partial charge in [0.05, 0.1) is 5.60 Å². The minimum atomic E-state index is -1.07. The van der Waals surface area contributed by atoms with Crippen LogP contribution in [0.2, 0.25) is 0 Å². The van der Waals surface area contributed by atoms with E-state index in [1.165, 1.54) is 6.07 Å². The molecule has 2 nitrogen and oxygen atoms in total. The van der Waals surface area contributed by atoms with Gasteiger partial charge in [-0.1, -0.05) is 18.2 Å². The van der Waals surface area contributed by atoms with E-state index in [0.29, 0.717) is 5.56 Å². The Morgan fingerprint density at radius 3 is 2.80 bits per heavy atom. The first-order valence-electron chi connectivity index (χ1n) is 5.30. The Kier molecular flexibility index (Phi) is 2.76. The van der Waals surface area contributed by atoms with Crippen LogP contribution >= 0.6 is 0 Å². The maximum Gasteiger partial charge on any atom is 0.129 e. The highest BCUT2D eigenvalue weighted by molar-refractivity contribution is 5.24. The average molecular weight is 209 g/mol. The normalized spacial score (nSPS) is 25.1. The molecule has 0 spiro atoms. The lowest BCUT2D eigenvalue weighted by Gasteiger charge is -2.30. The molecule has 0 aromatic heterocycles. The Hall–Kier alpha value is -0.930. The fourth-order valence-corrected chi connectivity index (χ4v) is 2.23. The van der Waals surface area contributed by atoms with Gasteiger partial charge < -0.3 is 10.4 Å². The Balaban J connectivity index is 2.31. The first kappa shape index (κ1) is 10.6. The van der Waals surface area contributed by atoms with E-state index in [4.69, 9.17) is 0 Å². The zero-order valence-corrected chi connectivity index (χ0v) is 8.83. The number of aliphatic hydroxyl groups is 1. The average Bonchev–Trinajstić information content (AvgIpc) is 2.71. The van der Waals surface area contributed by atoms with Gasteiger partial charge in [0.1, 0.15) is 5.82 Å². The molecule has 2 N–H and O–H groups in total. The second kappa shape index (κ2) is 3.91. The SMILES string of the molecule is CC(O)(c1ccccc1F)C1CCNC1. The Morgan fingerprint density at radius 2 is 2.20 bits per heavy atom. The van der Waals surface area contributed by atoms with Crippen LogP contribution in [0.5, 0.6) is 0 Å². The lowest BCUT2D eigenvalue weighted by Crippen LogP contribution is -2.34. The molecule has 1 aromatic rings. The third kappa shape index (κ3) is 1.90. The highest BCUT2D eigenvalue weighted by Crippen LogP contribution is 2.34. The fraction of sp³-hybridized carbons (Fsp3) is 0.500. The molecular formula is C12H16FNO. The lowest BCUT2D eigenvalue weighted by atomic mass is 9.82. The zero-order chi connectivity index (χ0) is 10.9. The summed E-state index contributed by atoms with van der Waals surface area (Å²) in [5, 5.41) is 13.6. The third-order valence-corrected chi connectivity index (χ3v) is 3.27. The molecule has 2 rings (SSSR count). The fourth-order valence-electron chi connectivity index (χ4n) is 2.23. The topological polar surface area (TPSA) is 32.3 Å². The monoisotopic (exact) mass is 209 g/mol. The minimum Gasteiger partial charge on any atom is -0.385 e. The van der Waals surface area contributed by atoms with Crippen molar-refractivity contribution in [1.29, 1.82) is 0 Å². The third-order valence-electron chi connectivity index (χ3n) is 3.27. The summed E-state index contributed by atoms with van der Waals surface area (Å²) < 4.78 is 13.6. The summed E-state index contributed by atoms with van der Waals surface area (Å²) >= 11 is 0. The highest BCUT2D eigenvalue weighted by Gasteiger charge is 2.37. The molecule has 1 aliphatic rings. The molecular weight excluding hydrogens is 193 g/mol. The van der Waals surface area contributed by atoms with E-state index in [2.05, 4.69) is 5.32 Å².